The van der Waals surface area contributed by atoms with Gasteiger partial charge in [-0.25, -0.2) is 0 Å². The van der Waals surface area contributed by atoms with Crippen LogP contribution < -0.4 is 4.74 Å². The lowest BCUT2D eigenvalue weighted by molar-refractivity contribution is -0.129. The quantitative estimate of drug-likeness (QED) is 0.683. The standard InChI is InChI=1S/C20H17Cl2NO4/c21-13-10-15-17(24)12-20(27-19(15)16(22)11-13)5-7-23(8-6-20)18(25)4-3-14-2-1-9-26-14/h1-4,9-11H,5-8,12H2/b4-3+. The zero-order chi connectivity index (χ0) is 19.0. The van der Waals surface area contributed by atoms with E-state index in [0.717, 1.165) is 0 Å². The van der Waals surface area contributed by atoms with Gasteiger partial charge in [-0.2, -0.15) is 0 Å². The van der Waals surface area contributed by atoms with Gasteiger partial charge in [-0.15, -0.1) is 0 Å². The first kappa shape index (κ1) is 18.1. The number of likely N-dealkylation sites (tertiary alicyclic amines) is 1. The van der Waals surface area contributed by atoms with Crippen LogP contribution in [0.15, 0.2) is 41.0 Å². The third-order valence-electron chi connectivity index (χ3n) is 5.03. The molecule has 3 heterocycles. The molecule has 5 nitrogen and oxygen atoms in total. The molecular formula is C20H17Cl2NO4. The van der Waals surface area contributed by atoms with Gasteiger partial charge >= 0.3 is 0 Å². The van der Waals surface area contributed by atoms with Gasteiger partial charge in [-0.3, -0.25) is 9.59 Å². The highest BCUT2D eigenvalue weighted by Crippen LogP contribution is 2.44. The molecule has 1 spiro atoms. The summed E-state index contributed by atoms with van der Waals surface area (Å²) in [4.78, 5) is 26.7. The predicted octanol–water partition coefficient (Wildman–Crippen LogP) is 4.63. The van der Waals surface area contributed by atoms with Crippen LogP contribution in [0.3, 0.4) is 0 Å². The van der Waals surface area contributed by atoms with E-state index in [1.807, 2.05) is 0 Å². The smallest absolute Gasteiger partial charge is 0.246 e. The second kappa shape index (κ2) is 7.06. The van der Waals surface area contributed by atoms with E-state index in [-0.39, 0.29) is 18.1 Å². The minimum absolute atomic E-state index is 0.0295. The Morgan fingerprint density at radius 3 is 2.70 bits per heavy atom. The molecule has 140 valence electrons. The van der Waals surface area contributed by atoms with Crippen LogP contribution in [0.4, 0.5) is 0 Å². The third kappa shape index (κ3) is 3.62. The first-order valence-electron chi connectivity index (χ1n) is 8.68. The lowest BCUT2D eigenvalue weighted by Crippen LogP contribution is -2.52. The molecule has 2 aliphatic heterocycles. The number of nitrogens with zero attached hydrogens (tertiary/aromatic N) is 1. The normalized spacial score (nSPS) is 18.6. The number of piperidine rings is 1. The number of furan rings is 1. The van der Waals surface area contributed by atoms with Gasteiger partial charge in [0.05, 0.1) is 23.3 Å². The van der Waals surface area contributed by atoms with E-state index < -0.39 is 5.60 Å². The van der Waals surface area contributed by atoms with Crippen molar-refractivity contribution in [2.75, 3.05) is 13.1 Å². The molecule has 1 amide bonds. The second-order valence-corrected chi connectivity index (χ2v) is 7.67. The number of carbonyl (C=O) groups is 2. The fourth-order valence-corrected chi connectivity index (χ4v) is 4.10. The first-order valence-corrected chi connectivity index (χ1v) is 9.43. The molecule has 0 atom stereocenters. The molecule has 1 aromatic carbocycles. The summed E-state index contributed by atoms with van der Waals surface area (Å²) in [6.07, 6.45) is 6.10. The lowest BCUT2D eigenvalue weighted by Gasteiger charge is -2.44. The maximum atomic E-state index is 12.6. The molecule has 27 heavy (non-hydrogen) atoms. The van der Waals surface area contributed by atoms with Crippen LogP contribution in [0.5, 0.6) is 5.75 Å². The van der Waals surface area contributed by atoms with Crippen LogP contribution in [-0.2, 0) is 4.79 Å². The molecule has 2 aromatic rings. The minimum Gasteiger partial charge on any atom is -0.484 e. The van der Waals surface area contributed by atoms with Crippen LogP contribution in [0.1, 0.15) is 35.4 Å². The van der Waals surface area contributed by atoms with Gasteiger partial charge in [0.1, 0.15) is 17.1 Å². The van der Waals surface area contributed by atoms with Gasteiger partial charge in [0.2, 0.25) is 5.91 Å². The average Bonchev–Trinajstić information content (AvgIpc) is 3.15. The van der Waals surface area contributed by atoms with Crippen LogP contribution in [0, 0.1) is 0 Å². The number of amides is 1. The summed E-state index contributed by atoms with van der Waals surface area (Å²) in [5, 5.41) is 0.750. The zero-order valence-electron chi connectivity index (χ0n) is 14.4. The summed E-state index contributed by atoms with van der Waals surface area (Å²) >= 11 is 12.2. The largest absolute Gasteiger partial charge is 0.484 e. The van der Waals surface area contributed by atoms with Gasteiger partial charge in [0.15, 0.2) is 5.78 Å². The van der Waals surface area contributed by atoms with E-state index in [2.05, 4.69) is 0 Å². The highest BCUT2D eigenvalue weighted by molar-refractivity contribution is 6.36. The minimum atomic E-state index is -0.622. The Bertz CT molecular complexity index is 912. The fraction of sp³-hybridized carbons (Fsp3) is 0.300. The highest BCUT2D eigenvalue weighted by Gasteiger charge is 2.44. The monoisotopic (exact) mass is 405 g/mol. The van der Waals surface area contributed by atoms with E-state index in [1.54, 1.807) is 41.5 Å². The summed E-state index contributed by atoms with van der Waals surface area (Å²) in [5.74, 6) is 0.907. The van der Waals surface area contributed by atoms with Crippen molar-refractivity contribution >= 4 is 41.0 Å². The van der Waals surface area contributed by atoms with Gasteiger partial charge in [0.25, 0.3) is 0 Å². The van der Waals surface area contributed by atoms with E-state index in [1.165, 1.54) is 6.08 Å². The van der Waals surface area contributed by atoms with Crippen molar-refractivity contribution < 1.29 is 18.7 Å². The average molecular weight is 406 g/mol. The number of rotatable bonds is 2. The second-order valence-electron chi connectivity index (χ2n) is 6.82. The third-order valence-corrected chi connectivity index (χ3v) is 5.53. The van der Waals surface area contributed by atoms with Crippen LogP contribution in [0.2, 0.25) is 10.0 Å². The number of halogens is 2. The molecule has 4 rings (SSSR count). The number of ether oxygens (including phenoxy) is 1. The highest BCUT2D eigenvalue weighted by atomic mass is 35.5. The molecule has 1 fully saturated rings. The van der Waals surface area contributed by atoms with Crippen molar-refractivity contribution in [3.8, 4) is 5.75 Å². The number of fused-ring (bicyclic) bond motifs is 1. The maximum absolute atomic E-state index is 12.6. The molecule has 1 saturated heterocycles. The number of hydrogen-bond acceptors (Lipinski definition) is 4. The van der Waals surface area contributed by atoms with Crippen LogP contribution >= 0.6 is 23.2 Å². The van der Waals surface area contributed by atoms with Crippen molar-refractivity contribution in [1.29, 1.82) is 0 Å². The van der Waals surface area contributed by atoms with Crippen molar-refractivity contribution in [3.63, 3.8) is 0 Å². The summed E-state index contributed by atoms with van der Waals surface area (Å²) < 4.78 is 11.4. The van der Waals surface area contributed by atoms with Gasteiger partial charge in [-0.05, 0) is 30.3 Å². The summed E-state index contributed by atoms with van der Waals surface area (Å²) in [5.41, 5.74) is -0.193. The number of benzene rings is 1. The van der Waals surface area contributed by atoms with Crippen molar-refractivity contribution in [2.24, 2.45) is 0 Å². The molecule has 0 unspecified atom stereocenters. The first-order chi connectivity index (χ1) is 13.0. The summed E-state index contributed by atoms with van der Waals surface area (Å²) in [7, 11) is 0. The maximum Gasteiger partial charge on any atom is 0.246 e. The number of ketones is 1. The molecule has 0 saturated carbocycles. The molecule has 1 aromatic heterocycles. The van der Waals surface area contributed by atoms with E-state index in [9.17, 15) is 9.59 Å². The Balaban J connectivity index is 1.45. The van der Waals surface area contributed by atoms with Crippen LogP contribution in [0.25, 0.3) is 6.08 Å². The fourth-order valence-electron chi connectivity index (χ4n) is 3.57. The molecule has 7 heteroatoms. The Morgan fingerprint density at radius 1 is 1.22 bits per heavy atom. The number of carbonyl (C=O) groups excluding carboxylic acids is 2. The topological polar surface area (TPSA) is 59.8 Å². The molecule has 2 aliphatic rings. The van der Waals surface area contributed by atoms with Gasteiger partial charge < -0.3 is 14.1 Å². The summed E-state index contributed by atoms with van der Waals surface area (Å²) in [6.45, 7) is 1.02. The Hall–Kier alpha value is -2.24. The van der Waals surface area contributed by atoms with Crippen molar-refractivity contribution in [2.45, 2.75) is 24.9 Å². The zero-order valence-corrected chi connectivity index (χ0v) is 15.9. The van der Waals surface area contributed by atoms with Gasteiger partial charge in [0, 0.05) is 37.0 Å². The molecule has 0 N–H and O–H groups in total. The Morgan fingerprint density at radius 2 is 2.00 bits per heavy atom. The molecule has 0 bridgehead atoms. The van der Waals surface area contributed by atoms with Crippen LogP contribution in [-0.4, -0.2) is 35.3 Å². The van der Waals surface area contributed by atoms with Gasteiger partial charge in [-0.1, -0.05) is 23.2 Å². The Labute approximate surface area is 166 Å². The Kier molecular flexibility index (Phi) is 4.74. The van der Waals surface area contributed by atoms with Crippen molar-refractivity contribution in [1.82, 2.24) is 4.90 Å². The molecular weight excluding hydrogens is 389 g/mol. The predicted molar refractivity (Wildman–Crippen MR) is 102 cm³/mol. The van der Waals surface area contributed by atoms with E-state index in [0.29, 0.717) is 53.0 Å². The number of hydrogen-bond donors (Lipinski definition) is 0. The van der Waals surface area contributed by atoms with Crippen molar-refractivity contribution in [3.05, 3.63) is 58.0 Å². The molecule has 0 radical (unpaired) electrons. The molecule has 0 aliphatic carbocycles. The summed E-state index contributed by atoms with van der Waals surface area (Å²) in [6, 6.07) is 6.72. The number of Topliss-reactive ketones (excluding diaryl/α,β-unsaturated/α-hetero) is 1. The van der Waals surface area contributed by atoms with E-state index in [4.69, 9.17) is 32.4 Å². The SMILES string of the molecule is O=C1CC2(CCN(C(=O)/C=C/c3ccco3)CC2)Oc2c(Cl)cc(Cl)cc21. The van der Waals surface area contributed by atoms with E-state index >= 15 is 0 Å². The lowest BCUT2D eigenvalue weighted by atomic mass is 9.82.